The van der Waals surface area contributed by atoms with Gasteiger partial charge in [-0.05, 0) is 18.2 Å². The molecule has 0 radical (unpaired) electrons. The van der Waals surface area contributed by atoms with Crippen LogP contribution in [0, 0.1) is 5.82 Å². The number of carbonyl (C=O) groups excluding carboxylic acids is 2. The van der Waals surface area contributed by atoms with Crippen LogP contribution in [0.25, 0.3) is 0 Å². The van der Waals surface area contributed by atoms with Crippen LogP contribution in [0.4, 0.5) is 23.2 Å². The van der Waals surface area contributed by atoms with Gasteiger partial charge in [-0.1, -0.05) is 0 Å². The van der Waals surface area contributed by atoms with E-state index in [0.717, 1.165) is 19.9 Å². The lowest BCUT2D eigenvalue weighted by Crippen LogP contribution is -2.20. The lowest BCUT2D eigenvalue weighted by Gasteiger charge is -2.09. The van der Waals surface area contributed by atoms with Gasteiger partial charge in [0.25, 0.3) is 0 Å². The van der Waals surface area contributed by atoms with Gasteiger partial charge in [-0.25, -0.2) is 4.39 Å². The highest BCUT2D eigenvalue weighted by atomic mass is 19.4. The second-order valence-electron chi connectivity index (χ2n) is 3.88. The summed E-state index contributed by atoms with van der Waals surface area (Å²) in [5.41, 5.74) is 0.0770. The number of carbonyl (C=O) groups is 2. The van der Waals surface area contributed by atoms with Crippen LogP contribution in [-0.4, -0.2) is 17.3 Å². The maximum Gasteiger partial charge on any atom is 0.416 e. The van der Waals surface area contributed by atoms with Gasteiger partial charge in [-0.3, -0.25) is 15.0 Å². The number of nitrogens with one attached hydrogen (secondary N) is 1. The molecule has 1 aromatic rings. The molecule has 1 N–H and O–H groups in total. The van der Waals surface area contributed by atoms with Crippen molar-refractivity contribution in [3.05, 3.63) is 29.6 Å². The zero-order chi connectivity index (χ0) is 15.5. The molecule has 1 rings (SSSR count). The quantitative estimate of drug-likeness (QED) is 0.401. The number of benzene rings is 1. The Kier molecular flexibility index (Phi) is 4.59. The topological polar surface area (TPSA) is 58.5 Å². The van der Waals surface area contributed by atoms with Gasteiger partial charge < -0.3 is 0 Å². The number of hydrogen-bond donors (Lipinski definition) is 1. The molecule has 0 fully saturated rings. The summed E-state index contributed by atoms with van der Waals surface area (Å²) in [6.45, 7) is 2.18. The molecule has 0 saturated heterocycles. The standard InChI is InChI=1S/C12H10F4N2O2/c1-6(19)11(7(2)20)18-17-10-4-3-8(5-9(10)13)12(14,15)16/h3-5,17H,1-2H3. The number of rotatable bonds is 4. The van der Waals surface area contributed by atoms with E-state index >= 15 is 0 Å². The Bertz CT molecular complexity index is 563. The van der Waals surface area contributed by atoms with Gasteiger partial charge in [0, 0.05) is 13.8 Å². The van der Waals surface area contributed by atoms with E-state index in [-0.39, 0.29) is 5.69 Å². The van der Waals surface area contributed by atoms with Crippen molar-refractivity contribution >= 4 is 23.0 Å². The molecule has 0 aliphatic carbocycles. The third-order valence-electron chi connectivity index (χ3n) is 2.25. The fourth-order valence-electron chi connectivity index (χ4n) is 1.30. The van der Waals surface area contributed by atoms with Gasteiger partial charge >= 0.3 is 6.18 Å². The molecule has 0 saturated carbocycles. The number of alkyl halides is 3. The summed E-state index contributed by atoms with van der Waals surface area (Å²) in [5, 5.41) is 3.39. The average molecular weight is 290 g/mol. The molecule has 0 spiro atoms. The van der Waals surface area contributed by atoms with E-state index in [0.29, 0.717) is 12.1 Å². The summed E-state index contributed by atoms with van der Waals surface area (Å²) in [5.74, 6) is -2.48. The molecule has 0 unspecified atom stereocenters. The molecule has 4 nitrogen and oxygen atoms in total. The van der Waals surface area contributed by atoms with Crippen LogP contribution in [-0.2, 0) is 15.8 Å². The van der Waals surface area contributed by atoms with Crippen LogP contribution < -0.4 is 5.43 Å². The average Bonchev–Trinajstić information content (AvgIpc) is 2.28. The molecule has 20 heavy (non-hydrogen) atoms. The van der Waals surface area contributed by atoms with Crippen molar-refractivity contribution in [1.82, 2.24) is 0 Å². The van der Waals surface area contributed by atoms with E-state index in [4.69, 9.17) is 0 Å². The number of Topliss-reactive ketones (excluding diaryl/α,β-unsaturated/α-hetero) is 2. The highest BCUT2D eigenvalue weighted by molar-refractivity contribution is 6.65. The zero-order valence-corrected chi connectivity index (χ0v) is 10.5. The molecule has 8 heteroatoms. The van der Waals surface area contributed by atoms with Gasteiger partial charge in [0.15, 0.2) is 17.3 Å². The summed E-state index contributed by atoms with van der Waals surface area (Å²) in [7, 11) is 0. The third-order valence-corrected chi connectivity index (χ3v) is 2.25. The van der Waals surface area contributed by atoms with Crippen molar-refractivity contribution in [3.8, 4) is 0 Å². The minimum atomic E-state index is -4.66. The molecule has 108 valence electrons. The molecule has 0 atom stereocenters. The molecule has 0 heterocycles. The van der Waals surface area contributed by atoms with Crippen molar-refractivity contribution in [2.45, 2.75) is 20.0 Å². The van der Waals surface area contributed by atoms with Crippen molar-refractivity contribution in [1.29, 1.82) is 0 Å². The van der Waals surface area contributed by atoms with E-state index < -0.39 is 34.8 Å². The van der Waals surface area contributed by atoms with Crippen LogP contribution in [0.2, 0.25) is 0 Å². The summed E-state index contributed by atoms with van der Waals surface area (Å²) in [4.78, 5) is 22.1. The predicted octanol–water partition coefficient (Wildman–Crippen LogP) is 2.79. The van der Waals surface area contributed by atoms with Crippen LogP contribution >= 0.6 is 0 Å². The van der Waals surface area contributed by atoms with Crippen molar-refractivity contribution in [3.63, 3.8) is 0 Å². The number of hydrogen-bond acceptors (Lipinski definition) is 4. The normalized spacial score (nSPS) is 10.9. The van der Waals surface area contributed by atoms with Crippen molar-refractivity contribution < 1.29 is 27.2 Å². The molecular weight excluding hydrogens is 280 g/mol. The molecular formula is C12H10F4N2O2. The zero-order valence-electron chi connectivity index (χ0n) is 10.5. The molecule has 0 aliphatic heterocycles. The molecule has 0 aromatic heterocycles. The predicted molar refractivity (Wildman–Crippen MR) is 63.8 cm³/mol. The first kappa shape index (κ1) is 15.8. The number of anilines is 1. The molecule has 0 bridgehead atoms. The van der Waals surface area contributed by atoms with Crippen LogP contribution in [0.5, 0.6) is 0 Å². The minimum absolute atomic E-state index is 0.291. The van der Waals surface area contributed by atoms with E-state index in [9.17, 15) is 27.2 Å². The second kappa shape index (κ2) is 5.81. The lowest BCUT2D eigenvalue weighted by molar-refractivity contribution is -0.137. The Hall–Kier alpha value is -2.25. The maximum absolute atomic E-state index is 13.4. The Labute approximate surface area is 111 Å². The molecule has 0 amide bonds. The summed E-state index contributed by atoms with van der Waals surface area (Å²) in [6.07, 6.45) is -4.66. The number of hydrazone groups is 1. The fourth-order valence-corrected chi connectivity index (χ4v) is 1.30. The van der Waals surface area contributed by atoms with E-state index in [1.165, 1.54) is 0 Å². The first-order chi connectivity index (χ1) is 9.12. The van der Waals surface area contributed by atoms with Gasteiger partial charge in [0.2, 0.25) is 0 Å². The van der Waals surface area contributed by atoms with Crippen LogP contribution in [0.1, 0.15) is 19.4 Å². The highest BCUT2D eigenvalue weighted by Gasteiger charge is 2.31. The van der Waals surface area contributed by atoms with E-state index in [1.807, 2.05) is 0 Å². The van der Waals surface area contributed by atoms with Crippen LogP contribution in [0.15, 0.2) is 23.3 Å². The first-order valence-electron chi connectivity index (χ1n) is 5.35. The second-order valence-corrected chi connectivity index (χ2v) is 3.88. The number of ketones is 2. The van der Waals surface area contributed by atoms with Crippen molar-refractivity contribution in [2.24, 2.45) is 5.10 Å². The minimum Gasteiger partial charge on any atom is -0.293 e. The van der Waals surface area contributed by atoms with E-state index in [1.54, 1.807) is 0 Å². The fraction of sp³-hybridized carbons (Fsp3) is 0.250. The largest absolute Gasteiger partial charge is 0.416 e. The monoisotopic (exact) mass is 290 g/mol. The van der Waals surface area contributed by atoms with Crippen LogP contribution in [0.3, 0.4) is 0 Å². The SMILES string of the molecule is CC(=O)C(=NNc1ccc(C(F)(F)F)cc1F)C(C)=O. The van der Waals surface area contributed by atoms with Gasteiger partial charge in [-0.2, -0.15) is 18.3 Å². The summed E-state index contributed by atoms with van der Waals surface area (Å²) < 4.78 is 50.4. The number of nitrogens with zero attached hydrogens (tertiary/aromatic N) is 1. The smallest absolute Gasteiger partial charge is 0.293 e. The van der Waals surface area contributed by atoms with Gasteiger partial charge in [-0.15, -0.1) is 0 Å². The Morgan fingerprint density at radius 2 is 1.70 bits per heavy atom. The van der Waals surface area contributed by atoms with Gasteiger partial charge in [0.1, 0.15) is 5.82 Å². The number of halogens is 4. The third kappa shape index (κ3) is 3.87. The summed E-state index contributed by atoms with van der Waals surface area (Å²) in [6, 6.07) is 1.76. The maximum atomic E-state index is 13.4. The highest BCUT2D eigenvalue weighted by Crippen LogP contribution is 2.31. The Balaban J connectivity index is 3.03. The Morgan fingerprint density at radius 3 is 2.10 bits per heavy atom. The molecule has 0 aliphatic rings. The Morgan fingerprint density at radius 1 is 1.15 bits per heavy atom. The first-order valence-corrected chi connectivity index (χ1v) is 5.35. The summed E-state index contributed by atoms with van der Waals surface area (Å²) >= 11 is 0. The van der Waals surface area contributed by atoms with Crippen molar-refractivity contribution in [2.75, 3.05) is 5.43 Å². The van der Waals surface area contributed by atoms with Gasteiger partial charge in [0.05, 0.1) is 11.3 Å². The van der Waals surface area contributed by atoms with E-state index in [2.05, 4.69) is 10.5 Å². The molecule has 1 aromatic carbocycles. The lowest BCUT2D eigenvalue weighted by atomic mass is 10.2.